The molecule has 0 saturated heterocycles. The van der Waals surface area contributed by atoms with Crippen molar-refractivity contribution in [1.29, 1.82) is 0 Å². The SMILES string of the molecule is CC(C)(C)n1cnc(/C=C/c2csc(NC(=O)c3cccn3Cc3ccnc(F)c3)n2)c1. The van der Waals surface area contributed by atoms with Gasteiger partial charge in [-0.05, 0) is 62.8 Å². The van der Waals surface area contributed by atoms with Crippen LogP contribution in [0.5, 0.6) is 0 Å². The smallest absolute Gasteiger partial charge is 0.274 e. The van der Waals surface area contributed by atoms with Gasteiger partial charge in [0, 0.05) is 36.1 Å². The molecule has 0 aliphatic rings. The maximum absolute atomic E-state index is 13.4. The third-order valence-electron chi connectivity index (χ3n) is 4.75. The Morgan fingerprint density at radius 3 is 2.78 bits per heavy atom. The average molecular weight is 451 g/mol. The summed E-state index contributed by atoms with van der Waals surface area (Å²) in [4.78, 5) is 25.2. The number of imidazole rings is 1. The number of hydrogen-bond acceptors (Lipinski definition) is 5. The second kappa shape index (κ2) is 8.88. The summed E-state index contributed by atoms with van der Waals surface area (Å²) >= 11 is 1.34. The number of aromatic nitrogens is 5. The van der Waals surface area contributed by atoms with Crippen molar-refractivity contribution in [2.75, 3.05) is 5.32 Å². The van der Waals surface area contributed by atoms with Crippen LogP contribution in [0.3, 0.4) is 0 Å². The van der Waals surface area contributed by atoms with Crippen LogP contribution in [0.4, 0.5) is 9.52 Å². The first kappa shape index (κ1) is 21.6. The van der Waals surface area contributed by atoms with E-state index >= 15 is 0 Å². The first-order valence-corrected chi connectivity index (χ1v) is 10.9. The van der Waals surface area contributed by atoms with Crippen molar-refractivity contribution in [1.82, 2.24) is 24.1 Å². The molecule has 0 aliphatic heterocycles. The topological polar surface area (TPSA) is 77.6 Å². The Bertz CT molecular complexity index is 1260. The number of thiazole rings is 1. The normalized spacial score (nSPS) is 11.9. The van der Waals surface area contributed by atoms with E-state index in [0.717, 1.165) is 17.0 Å². The van der Waals surface area contributed by atoms with Crippen molar-refractivity contribution in [3.8, 4) is 0 Å². The van der Waals surface area contributed by atoms with Gasteiger partial charge in [-0.3, -0.25) is 10.1 Å². The molecule has 32 heavy (non-hydrogen) atoms. The van der Waals surface area contributed by atoms with Gasteiger partial charge in [0.25, 0.3) is 5.91 Å². The molecule has 0 atom stereocenters. The Balaban J connectivity index is 1.41. The Labute approximate surface area is 189 Å². The first-order valence-electron chi connectivity index (χ1n) is 10.0. The fourth-order valence-corrected chi connectivity index (χ4v) is 3.71. The lowest BCUT2D eigenvalue weighted by Crippen LogP contribution is -2.19. The molecule has 0 bridgehead atoms. The fraction of sp³-hybridized carbons (Fsp3) is 0.217. The van der Waals surface area contributed by atoms with Crippen molar-refractivity contribution >= 4 is 34.5 Å². The van der Waals surface area contributed by atoms with Crippen LogP contribution >= 0.6 is 11.3 Å². The van der Waals surface area contributed by atoms with Gasteiger partial charge in [-0.2, -0.15) is 4.39 Å². The molecular formula is C23H23FN6OS. The van der Waals surface area contributed by atoms with Crippen LogP contribution in [0.25, 0.3) is 12.2 Å². The Hall–Kier alpha value is -3.59. The molecule has 0 saturated carbocycles. The van der Waals surface area contributed by atoms with E-state index in [2.05, 4.69) is 45.6 Å². The molecule has 0 radical (unpaired) electrons. The van der Waals surface area contributed by atoms with Crippen molar-refractivity contribution in [3.05, 3.63) is 83.2 Å². The zero-order chi connectivity index (χ0) is 22.7. The lowest BCUT2D eigenvalue weighted by molar-refractivity contribution is 0.101. The third kappa shape index (κ3) is 5.17. The molecule has 1 amide bonds. The Morgan fingerprint density at radius 1 is 1.22 bits per heavy atom. The molecule has 4 aromatic heterocycles. The molecular weight excluding hydrogens is 427 g/mol. The number of hydrogen-bond donors (Lipinski definition) is 1. The van der Waals surface area contributed by atoms with E-state index in [0.29, 0.717) is 17.4 Å². The van der Waals surface area contributed by atoms with Crippen LogP contribution in [0.2, 0.25) is 0 Å². The molecule has 0 aromatic carbocycles. The number of nitrogens with one attached hydrogen (secondary N) is 1. The number of halogens is 1. The number of nitrogens with zero attached hydrogens (tertiary/aromatic N) is 5. The average Bonchev–Trinajstić information content (AvgIpc) is 3.47. The molecule has 4 rings (SSSR count). The number of carbonyl (C=O) groups is 1. The van der Waals surface area contributed by atoms with Crippen molar-refractivity contribution in [3.63, 3.8) is 0 Å². The van der Waals surface area contributed by atoms with Gasteiger partial charge in [0.1, 0.15) is 5.69 Å². The Morgan fingerprint density at radius 2 is 2.03 bits per heavy atom. The van der Waals surface area contributed by atoms with Gasteiger partial charge >= 0.3 is 0 Å². The minimum absolute atomic E-state index is 0.0274. The van der Waals surface area contributed by atoms with E-state index in [-0.39, 0.29) is 11.4 Å². The largest absolute Gasteiger partial charge is 0.339 e. The molecule has 0 spiro atoms. The minimum Gasteiger partial charge on any atom is -0.339 e. The van der Waals surface area contributed by atoms with Crippen LogP contribution in [-0.4, -0.2) is 30.0 Å². The maximum Gasteiger partial charge on any atom is 0.274 e. The van der Waals surface area contributed by atoms with Crippen LogP contribution in [0.15, 0.2) is 54.6 Å². The molecule has 7 nitrogen and oxygen atoms in total. The van der Waals surface area contributed by atoms with Crippen LogP contribution < -0.4 is 5.32 Å². The second-order valence-electron chi connectivity index (χ2n) is 8.25. The summed E-state index contributed by atoms with van der Waals surface area (Å²) in [5.74, 6) is -0.826. The van der Waals surface area contributed by atoms with E-state index in [1.807, 2.05) is 30.1 Å². The fourth-order valence-electron chi connectivity index (χ4n) is 3.04. The van der Waals surface area contributed by atoms with E-state index in [1.165, 1.54) is 23.6 Å². The van der Waals surface area contributed by atoms with E-state index in [4.69, 9.17) is 0 Å². The standard InChI is InChI=1S/C23H23FN6OS/c1-23(2,3)30-13-17(26-15-30)6-7-18-14-32-22(27-18)28-21(31)19-5-4-10-29(19)12-16-8-9-25-20(24)11-16/h4-11,13-15H,12H2,1-3H3,(H,27,28,31)/b7-6+. The summed E-state index contributed by atoms with van der Waals surface area (Å²) in [5.41, 5.74) is 2.73. The summed E-state index contributed by atoms with van der Waals surface area (Å²) < 4.78 is 17.2. The maximum atomic E-state index is 13.4. The van der Waals surface area contributed by atoms with E-state index < -0.39 is 5.95 Å². The highest BCUT2D eigenvalue weighted by Gasteiger charge is 2.14. The van der Waals surface area contributed by atoms with Gasteiger partial charge in [-0.25, -0.2) is 15.0 Å². The zero-order valence-corrected chi connectivity index (χ0v) is 18.8. The van der Waals surface area contributed by atoms with Gasteiger partial charge in [-0.15, -0.1) is 11.3 Å². The first-order chi connectivity index (χ1) is 15.3. The van der Waals surface area contributed by atoms with Gasteiger partial charge in [0.2, 0.25) is 5.95 Å². The lowest BCUT2D eigenvalue weighted by atomic mass is 10.1. The molecule has 4 heterocycles. The number of carbonyl (C=O) groups excluding carboxylic acids is 1. The quantitative estimate of drug-likeness (QED) is 0.424. The van der Waals surface area contributed by atoms with Crippen molar-refractivity contribution < 1.29 is 9.18 Å². The third-order valence-corrected chi connectivity index (χ3v) is 5.53. The van der Waals surface area contributed by atoms with Gasteiger partial charge in [0.15, 0.2) is 5.13 Å². The second-order valence-corrected chi connectivity index (χ2v) is 9.11. The Kier molecular flexibility index (Phi) is 6.00. The number of rotatable bonds is 6. The van der Waals surface area contributed by atoms with E-state index in [9.17, 15) is 9.18 Å². The molecule has 4 aromatic rings. The molecule has 0 fully saturated rings. The molecule has 9 heteroatoms. The highest BCUT2D eigenvalue weighted by molar-refractivity contribution is 7.14. The van der Waals surface area contributed by atoms with Crippen LogP contribution in [0, 0.1) is 5.95 Å². The number of amides is 1. The zero-order valence-electron chi connectivity index (χ0n) is 18.0. The monoisotopic (exact) mass is 450 g/mol. The van der Waals surface area contributed by atoms with Gasteiger partial charge in [0.05, 0.1) is 17.7 Å². The predicted molar refractivity (Wildman–Crippen MR) is 124 cm³/mol. The van der Waals surface area contributed by atoms with Gasteiger partial charge in [-0.1, -0.05) is 0 Å². The van der Waals surface area contributed by atoms with Crippen molar-refractivity contribution in [2.45, 2.75) is 32.9 Å². The van der Waals surface area contributed by atoms with Crippen LogP contribution in [-0.2, 0) is 12.1 Å². The summed E-state index contributed by atoms with van der Waals surface area (Å²) in [7, 11) is 0. The molecule has 0 unspecified atom stereocenters. The summed E-state index contributed by atoms with van der Waals surface area (Å²) in [6.45, 7) is 6.71. The predicted octanol–water partition coefficient (Wildman–Crippen LogP) is 4.90. The summed E-state index contributed by atoms with van der Waals surface area (Å²) in [6, 6.07) is 6.56. The highest BCUT2D eigenvalue weighted by atomic mass is 32.1. The number of pyridine rings is 1. The lowest BCUT2D eigenvalue weighted by Gasteiger charge is -2.19. The van der Waals surface area contributed by atoms with Gasteiger partial charge < -0.3 is 9.13 Å². The molecule has 1 N–H and O–H groups in total. The van der Waals surface area contributed by atoms with E-state index in [1.54, 1.807) is 29.0 Å². The molecule has 0 aliphatic carbocycles. The van der Waals surface area contributed by atoms with Crippen molar-refractivity contribution in [2.24, 2.45) is 0 Å². The summed E-state index contributed by atoms with van der Waals surface area (Å²) in [5, 5.41) is 5.20. The highest BCUT2D eigenvalue weighted by Crippen LogP contribution is 2.20. The molecule has 164 valence electrons. The van der Waals surface area contributed by atoms with Crippen LogP contribution in [0.1, 0.15) is 48.2 Å². The minimum atomic E-state index is -0.547. The summed E-state index contributed by atoms with van der Waals surface area (Å²) in [6.07, 6.45) is 10.7. The number of anilines is 1.